The van der Waals surface area contributed by atoms with Gasteiger partial charge in [0.1, 0.15) is 0 Å². The third kappa shape index (κ3) is 9.09. The molecular formula is C24H33N3O3. The Morgan fingerprint density at radius 2 is 1.40 bits per heavy atom. The van der Waals surface area contributed by atoms with Crippen LogP contribution in [-0.2, 0) is 17.6 Å². The molecule has 0 saturated heterocycles. The fraction of sp³-hybridized carbons (Fsp3) is 0.417. The number of carbonyl (C=O) groups is 2. The molecule has 1 atom stereocenters. The van der Waals surface area contributed by atoms with Crippen molar-refractivity contribution in [3.8, 4) is 0 Å². The molecule has 0 aliphatic rings. The Bertz CT molecular complexity index is 709. The van der Waals surface area contributed by atoms with Crippen molar-refractivity contribution in [2.24, 2.45) is 11.7 Å². The number of aryl methyl sites for hydroxylation is 2. The summed E-state index contributed by atoms with van der Waals surface area (Å²) in [4.78, 5) is 24.0. The van der Waals surface area contributed by atoms with Crippen molar-refractivity contribution >= 4 is 12.0 Å². The van der Waals surface area contributed by atoms with Gasteiger partial charge in [-0.2, -0.15) is 0 Å². The molecule has 0 spiro atoms. The molecule has 0 fully saturated rings. The van der Waals surface area contributed by atoms with Gasteiger partial charge in [-0.25, -0.2) is 4.79 Å². The number of benzene rings is 2. The summed E-state index contributed by atoms with van der Waals surface area (Å²) >= 11 is 0. The van der Waals surface area contributed by atoms with E-state index in [1.54, 1.807) is 0 Å². The van der Waals surface area contributed by atoms with Gasteiger partial charge in [0.2, 0.25) is 5.91 Å². The van der Waals surface area contributed by atoms with Crippen molar-refractivity contribution < 1.29 is 14.7 Å². The van der Waals surface area contributed by atoms with Crippen LogP contribution in [-0.4, -0.2) is 36.2 Å². The number of hydrogen-bond donors (Lipinski definition) is 4. The van der Waals surface area contributed by atoms with Gasteiger partial charge in [-0.3, -0.25) is 4.79 Å². The molecule has 0 heterocycles. The topological polar surface area (TPSA) is 104 Å². The minimum absolute atomic E-state index is 0.0215. The van der Waals surface area contributed by atoms with Crippen LogP contribution in [0.1, 0.15) is 36.8 Å². The maximum atomic E-state index is 12.9. The molecular weight excluding hydrogens is 378 g/mol. The van der Waals surface area contributed by atoms with E-state index in [-0.39, 0.29) is 24.4 Å². The molecule has 2 aromatic rings. The lowest BCUT2D eigenvalue weighted by atomic mass is 9.92. The Kier molecular flexibility index (Phi) is 10.4. The summed E-state index contributed by atoms with van der Waals surface area (Å²) in [5.41, 5.74) is 7.96. The van der Waals surface area contributed by atoms with Crippen LogP contribution in [0.25, 0.3) is 0 Å². The largest absolute Gasteiger partial charge is 0.465 e. The van der Waals surface area contributed by atoms with Crippen LogP contribution < -0.4 is 16.4 Å². The second-order valence-corrected chi connectivity index (χ2v) is 7.57. The maximum Gasteiger partial charge on any atom is 0.404 e. The van der Waals surface area contributed by atoms with Crippen molar-refractivity contribution in [1.29, 1.82) is 0 Å². The number of carboxylic acid groups (broad SMARTS) is 1. The smallest absolute Gasteiger partial charge is 0.404 e. The number of rotatable bonds is 13. The zero-order chi connectivity index (χ0) is 21.6. The molecule has 0 aliphatic carbocycles. The summed E-state index contributed by atoms with van der Waals surface area (Å²) in [5, 5.41) is 14.5. The molecule has 30 heavy (non-hydrogen) atoms. The van der Waals surface area contributed by atoms with Gasteiger partial charge in [0, 0.05) is 18.5 Å². The van der Waals surface area contributed by atoms with E-state index < -0.39 is 6.09 Å². The van der Waals surface area contributed by atoms with Crippen molar-refractivity contribution in [3.63, 3.8) is 0 Å². The Labute approximate surface area is 178 Å². The van der Waals surface area contributed by atoms with E-state index >= 15 is 0 Å². The maximum absolute atomic E-state index is 12.9. The second-order valence-electron chi connectivity index (χ2n) is 7.57. The van der Waals surface area contributed by atoms with Gasteiger partial charge in [0.15, 0.2) is 0 Å². The number of nitrogens with one attached hydrogen (secondary N) is 2. The molecule has 0 saturated carbocycles. The molecule has 162 valence electrons. The SMILES string of the molecule is NCCC[C@H](CNC(=O)C(CCc1ccccc1)CCc1ccccc1)NC(=O)O. The van der Waals surface area contributed by atoms with Crippen LogP contribution in [0.4, 0.5) is 4.79 Å². The minimum atomic E-state index is -1.09. The molecule has 5 N–H and O–H groups in total. The summed E-state index contributed by atoms with van der Waals surface area (Å²) in [7, 11) is 0. The van der Waals surface area contributed by atoms with Crippen LogP contribution in [0.2, 0.25) is 0 Å². The van der Waals surface area contributed by atoms with E-state index in [1.165, 1.54) is 11.1 Å². The van der Waals surface area contributed by atoms with E-state index in [9.17, 15) is 9.59 Å². The van der Waals surface area contributed by atoms with Crippen molar-refractivity contribution in [3.05, 3.63) is 71.8 Å². The van der Waals surface area contributed by atoms with Crippen LogP contribution in [0.3, 0.4) is 0 Å². The Balaban J connectivity index is 1.95. The molecule has 2 rings (SSSR count). The van der Waals surface area contributed by atoms with Crippen LogP contribution >= 0.6 is 0 Å². The highest BCUT2D eigenvalue weighted by Gasteiger charge is 2.20. The highest BCUT2D eigenvalue weighted by Crippen LogP contribution is 2.17. The summed E-state index contributed by atoms with van der Waals surface area (Å²) in [5.74, 6) is -0.155. The van der Waals surface area contributed by atoms with E-state index in [0.717, 1.165) is 25.7 Å². The number of carbonyl (C=O) groups excluding carboxylic acids is 1. The summed E-state index contributed by atoms with van der Waals surface area (Å²) in [6, 6.07) is 20.0. The van der Waals surface area contributed by atoms with E-state index in [0.29, 0.717) is 19.4 Å². The first-order valence-electron chi connectivity index (χ1n) is 10.6. The lowest BCUT2D eigenvalue weighted by molar-refractivity contribution is -0.125. The average Bonchev–Trinajstić information content (AvgIpc) is 2.76. The Morgan fingerprint density at radius 3 is 1.87 bits per heavy atom. The van der Waals surface area contributed by atoms with E-state index in [2.05, 4.69) is 34.9 Å². The first-order valence-corrected chi connectivity index (χ1v) is 10.6. The van der Waals surface area contributed by atoms with Crippen LogP contribution in [0.15, 0.2) is 60.7 Å². The monoisotopic (exact) mass is 411 g/mol. The number of nitrogens with two attached hydrogens (primary N) is 1. The molecule has 0 bridgehead atoms. The Morgan fingerprint density at radius 1 is 0.867 bits per heavy atom. The highest BCUT2D eigenvalue weighted by molar-refractivity contribution is 5.78. The minimum Gasteiger partial charge on any atom is -0.465 e. The fourth-order valence-corrected chi connectivity index (χ4v) is 3.51. The third-order valence-electron chi connectivity index (χ3n) is 5.23. The lowest BCUT2D eigenvalue weighted by Gasteiger charge is -2.21. The first-order chi connectivity index (χ1) is 14.6. The standard InChI is InChI=1S/C24H33N3O3/c25-17-7-12-22(27-24(29)30)18-26-23(28)21(15-13-19-8-3-1-4-9-19)16-14-20-10-5-2-6-11-20/h1-6,8-11,21-22,27H,7,12-18,25H2,(H,26,28)(H,29,30)/t22-/m1/s1. The zero-order valence-corrected chi connectivity index (χ0v) is 17.4. The van der Waals surface area contributed by atoms with Gasteiger partial charge >= 0.3 is 6.09 Å². The summed E-state index contributed by atoms with van der Waals surface area (Å²) in [6.45, 7) is 0.765. The molecule has 0 unspecified atom stereocenters. The third-order valence-corrected chi connectivity index (χ3v) is 5.23. The van der Waals surface area contributed by atoms with Gasteiger partial charge in [-0.15, -0.1) is 0 Å². The van der Waals surface area contributed by atoms with Crippen LogP contribution in [0, 0.1) is 5.92 Å². The quantitative estimate of drug-likeness (QED) is 0.406. The molecule has 2 aromatic carbocycles. The molecule has 0 aliphatic heterocycles. The van der Waals surface area contributed by atoms with E-state index in [4.69, 9.17) is 10.8 Å². The number of amides is 2. The van der Waals surface area contributed by atoms with Crippen molar-refractivity contribution in [2.45, 2.75) is 44.6 Å². The van der Waals surface area contributed by atoms with Crippen molar-refractivity contribution in [2.75, 3.05) is 13.1 Å². The Hall–Kier alpha value is -2.86. The predicted molar refractivity (Wildman–Crippen MR) is 119 cm³/mol. The predicted octanol–water partition coefficient (Wildman–Crippen LogP) is 3.36. The fourth-order valence-electron chi connectivity index (χ4n) is 3.51. The van der Waals surface area contributed by atoms with Gasteiger partial charge < -0.3 is 21.5 Å². The van der Waals surface area contributed by atoms with E-state index in [1.807, 2.05) is 36.4 Å². The van der Waals surface area contributed by atoms with Crippen LogP contribution in [0.5, 0.6) is 0 Å². The molecule has 0 aromatic heterocycles. The molecule has 6 heteroatoms. The molecule has 6 nitrogen and oxygen atoms in total. The summed E-state index contributed by atoms with van der Waals surface area (Å²) < 4.78 is 0. The second kappa shape index (κ2) is 13.4. The normalized spacial score (nSPS) is 11.8. The van der Waals surface area contributed by atoms with Gasteiger partial charge in [0.25, 0.3) is 0 Å². The van der Waals surface area contributed by atoms with Crippen molar-refractivity contribution in [1.82, 2.24) is 10.6 Å². The highest BCUT2D eigenvalue weighted by atomic mass is 16.4. The first kappa shape index (κ1) is 23.4. The molecule has 0 radical (unpaired) electrons. The zero-order valence-electron chi connectivity index (χ0n) is 17.4. The van der Waals surface area contributed by atoms with Gasteiger partial charge in [-0.05, 0) is 56.2 Å². The molecule has 2 amide bonds. The summed E-state index contributed by atoms with van der Waals surface area (Å²) in [6.07, 6.45) is 3.38. The lowest BCUT2D eigenvalue weighted by Crippen LogP contribution is -2.45. The van der Waals surface area contributed by atoms with Gasteiger partial charge in [0.05, 0.1) is 0 Å². The average molecular weight is 412 g/mol. The van der Waals surface area contributed by atoms with Gasteiger partial charge in [-0.1, -0.05) is 60.7 Å². The number of hydrogen-bond acceptors (Lipinski definition) is 3.